The Balaban J connectivity index is 2.55. The standard InChI is InChI=1S/C11H13NO3/c13-11(14)8-4-7-10(12-15)9-5-2-1-3-6-9/h1-3,5-6,15H,4,7-8H2,(H,13,14)/b12-10-. The third-order valence-electron chi connectivity index (χ3n) is 2.03. The van der Waals surface area contributed by atoms with Crippen LogP contribution in [-0.4, -0.2) is 22.0 Å². The largest absolute Gasteiger partial charge is 0.481 e. The van der Waals surface area contributed by atoms with Crippen LogP contribution in [0.25, 0.3) is 0 Å². The van der Waals surface area contributed by atoms with Crippen molar-refractivity contribution in [3.05, 3.63) is 35.9 Å². The van der Waals surface area contributed by atoms with E-state index in [4.69, 9.17) is 10.3 Å². The van der Waals surface area contributed by atoms with Gasteiger partial charge in [0.15, 0.2) is 0 Å². The van der Waals surface area contributed by atoms with Gasteiger partial charge in [0.2, 0.25) is 0 Å². The second-order valence-corrected chi connectivity index (χ2v) is 3.16. The predicted molar refractivity (Wildman–Crippen MR) is 56.3 cm³/mol. The van der Waals surface area contributed by atoms with Gasteiger partial charge in [0, 0.05) is 6.42 Å². The fourth-order valence-electron chi connectivity index (χ4n) is 1.29. The van der Waals surface area contributed by atoms with Gasteiger partial charge in [0.25, 0.3) is 0 Å². The average molecular weight is 207 g/mol. The Morgan fingerprint density at radius 1 is 1.20 bits per heavy atom. The first-order valence-corrected chi connectivity index (χ1v) is 4.72. The normalized spacial score (nSPS) is 11.3. The van der Waals surface area contributed by atoms with Gasteiger partial charge >= 0.3 is 5.97 Å². The summed E-state index contributed by atoms with van der Waals surface area (Å²) in [4.78, 5) is 10.3. The number of hydrogen-bond donors (Lipinski definition) is 2. The SMILES string of the molecule is O=C(O)CCC/C(=N/O)c1ccccc1. The van der Waals surface area contributed by atoms with E-state index in [9.17, 15) is 4.79 Å². The molecule has 0 radical (unpaired) electrons. The fraction of sp³-hybridized carbons (Fsp3) is 0.273. The smallest absolute Gasteiger partial charge is 0.303 e. The topological polar surface area (TPSA) is 69.9 Å². The number of hydrogen-bond acceptors (Lipinski definition) is 3. The van der Waals surface area contributed by atoms with Gasteiger partial charge in [-0.3, -0.25) is 4.79 Å². The van der Waals surface area contributed by atoms with E-state index in [2.05, 4.69) is 5.16 Å². The minimum absolute atomic E-state index is 0.0891. The molecule has 0 aliphatic carbocycles. The van der Waals surface area contributed by atoms with E-state index >= 15 is 0 Å². The summed E-state index contributed by atoms with van der Waals surface area (Å²) in [5.74, 6) is -0.833. The van der Waals surface area contributed by atoms with Crippen LogP contribution in [0.3, 0.4) is 0 Å². The lowest BCUT2D eigenvalue weighted by molar-refractivity contribution is -0.137. The van der Waals surface area contributed by atoms with Crippen molar-refractivity contribution >= 4 is 11.7 Å². The average Bonchev–Trinajstić information content (AvgIpc) is 2.25. The number of carbonyl (C=O) groups is 1. The van der Waals surface area contributed by atoms with Crippen molar-refractivity contribution in [3.63, 3.8) is 0 Å². The molecular weight excluding hydrogens is 194 g/mol. The van der Waals surface area contributed by atoms with E-state index < -0.39 is 5.97 Å². The molecule has 0 unspecified atom stereocenters. The summed E-state index contributed by atoms with van der Waals surface area (Å²) in [5.41, 5.74) is 1.35. The number of carboxylic acid groups (broad SMARTS) is 1. The van der Waals surface area contributed by atoms with Crippen molar-refractivity contribution in [2.24, 2.45) is 5.16 Å². The number of nitrogens with zero attached hydrogens (tertiary/aromatic N) is 1. The zero-order valence-electron chi connectivity index (χ0n) is 8.26. The summed E-state index contributed by atoms with van der Waals surface area (Å²) in [6.07, 6.45) is 1.03. The highest BCUT2D eigenvalue weighted by Crippen LogP contribution is 2.07. The predicted octanol–water partition coefficient (Wildman–Crippen LogP) is 2.12. The molecule has 0 atom stereocenters. The molecule has 1 aromatic rings. The van der Waals surface area contributed by atoms with Crippen molar-refractivity contribution in [1.82, 2.24) is 0 Å². The Bertz CT molecular complexity index is 346. The maximum atomic E-state index is 10.3. The molecule has 0 aliphatic rings. The first-order chi connectivity index (χ1) is 7.24. The van der Waals surface area contributed by atoms with E-state index in [-0.39, 0.29) is 6.42 Å². The molecule has 4 heteroatoms. The van der Waals surface area contributed by atoms with E-state index in [1.807, 2.05) is 30.3 Å². The van der Waals surface area contributed by atoms with Crippen LogP contribution in [0.5, 0.6) is 0 Å². The van der Waals surface area contributed by atoms with Gasteiger partial charge in [0.1, 0.15) is 0 Å². The molecule has 0 spiro atoms. The molecule has 1 aromatic carbocycles. The van der Waals surface area contributed by atoms with Crippen molar-refractivity contribution in [1.29, 1.82) is 0 Å². The quantitative estimate of drug-likeness (QED) is 0.441. The number of rotatable bonds is 5. The summed E-state index contributed by atoms with van der Waals surface area (Å²) in [6.45, 7) is 0. The molecule has 80 valence electrons. The summed E-state index contributed by atoms with van der Waals surface area (Å²) in [5, 5.41) is 20.4. The van der Waals surface area contributed by atoms with Gasteiger partial charge < -0.3 is 10.3 Å². The Kier molecular flexibility index (Phi) is 4.34. The number of aliphatic carboxylic acids is 1. The van der Waals surface area contributed by atoms with Crippen molar-refractivity contribution in [2.45, 2.75) is 19.3 Å². The molecule has 0 heterocycles. The molecule has 1 rings (SSSR count). The summed E-state index contributed by atoms with van der Waals surface area (Å²) < 4.78 is 0. The third kappa shape index (κ3) is 3.81. The number of oxime groups is 1. The second-order valence-electron chi connectivity index (χ2n) is 3.16. The molecular formula is C11H13NO3. The lowest BCUT2D eigenvalue weighted by Gasteiger charge is -2.02. The van der Waals surface area contributed by atoms with Gasteiger partial charge in [-0.25, -0.2) is 0 Å². The van der Waals surface area contributed by atoms with Gasteiger partial charge in [0.05, 0.1) is 5.71 Å². The van der Waals surface area contributed by atoms with Crippen LogP contribution >= 0.6 is 0 Å². The van der Waals surface area contributed by atoms with Gasteiger partial charge in [-0.05, 0) is 18.4 Å². The lowest BCUT2D eigenvalue weighted by atomic mass is 10.0. The van der Waals surface area contributed by atoms with E-state index in [1.54, 1.807) is 0 Å². The molecule has 4 nitrogen and oxygen atoms in total. The van der Waals surface area contributed by atoms with Crippen LogP contribution in [0.15, 0.2) is 35.5 Å². The first-order valence-electron chi connectivity index (χ1n) is 4.72. The second kappa shape index (κ2) is 5.80. The monoisotopic (exact) mass is 207 g/mol. The lowest BCUT2D eigenvalue weighted by Crippen LogP contribution is -2.03. The van der Waals surface area contributed by atoms with Crippen LogP contribution in [0.1, 0.15) is 24.8 Å². The van der Waals surface area contributed by atoms with E-state index in [0.717, 1.165) is 5.56 Å². The van der Waals surface area contributed by atoms with E-state index in [1.165, 1.54) is 0 Å². The van der Waals surface area contributed by atoms with Crippen molar-refractivity contribution < 1.29 is 15.1 Å². The fourth-order valence-corrected chi connectivity index (χ4v) is 1.29. The zero-order chi connectivity index (χ0) is 11.1. The minimum atomic E-state index is -0.833. The number of benzene rings is 1. The Labute approximate surface area is 87.9 Å². The molecule has 2 N–H and O–H groups in total. The first kappa shape index (κ1) is 11.2. The summed E-state index contributed by atoms with van der Waals surface area (Å²) >= 11 is 0. The Morgan fingerprint density at radius 3 is 2.40 bits per heavy atom. The molecule has 0 bridgehead atoms. The van der Waals surface area contributed by atoms with Crippen LogP contribution < -0.4 is 0 Å². The third-order valence-corrected chi connectivity index (χ3v) is 2.03. The van der Waals surface area contributed by atoms with Gasteiger partial charge in [-0.2, -0.15) is 0 Å². The molecule has 0 aromatic heterocycles. The van der Waals surface area contributed by atoms with Crippen LogP contribution in [0.4, 0.5) is 0 Å². The highest BCUT2D eigenvalue weighted by Gasteiger charge is 2.05. The van der Waals surface area contributed by atoms with Crippen LogP contribution in [-0.2, 0) is 4.79 Å². The molecule has 0 amide bonds. The molecule has 0 aliphatic heterocycles. The molecule has 0 saturated carbocycles. The van der Waals surface area contributed by atoms with Crippen LogP contribution in [0.2, 0.25) is 0 Å². The van der Waals surface area contributed by atoms with E-state index in [0.29, 0.717) is 18.6 Å². The van der Waals surface area contributed by atoms with Crippen LogP contribution in [0, 0.1) is 0 Å². The Morgan fingerprint density at radius 2 is 1.87 bits per heavy atom. The van der Waals surface area contributed by atoms with Gasteiger partial charge in [-0.1, -0.05) is 35.5 Å². The van der Waals surface area contributed by atoms with Crippen molar-refractivity contribution in [2.75, 3.05) is 0 Å². The van der Waals surface area contributed by atoms with Gasteiger partial charge in [-0.15, -0.1) is 0 Å². The molecule has 15 heavy (non-hydrogen) atoms. The maximum absolute atomic E-state index is 10.3. The number of carboxylic acids is 1. The molecule has 0 saturated heterocycles. The molecule has 0 fully saturated rings. The highest BCUT2D eigenvalue weighted by molar-refractivity contribution is 6.00. The minimum Gasteiger partial charge on any atom is -0.481 e. The van der Waals surface area contributed by atoms with Crippen molar-refractivity contribution in [3.8, 4) is 0 Å². The highest BCUT2D eigenvalue weighted by atomic mass is 16.4. The summed E-state index contributed by atoms with van der Waals surface area (Å²) in [7, 11) is 0. The maximum Gasteiger partial charge on any atom is 0.303 e. The zero-order valence-corrected chi connectivity index (χ0v) is 8.26. The summed E-state index contributed by atoms with van der Waals surface area (Å²) in [6, 6.07) is 9.22. The Hall–Kier alpha value is -1.84.